The first-order valence-corrected chi connectivity index (χ1v) is 10.3. The molecule has 1 atom stereocenters. The van der Waals surface area contributed by atoms with Crippen LogP contribution in [0.3, 0.4) is 0 Å². The van der Waals surface area contributed by atoms with E-state index >= 15 is 0 Å². The van der Waals surface area contributed by atoms with Gasteiger partial charge in [-0.25, -0.2) is 4.79 Å². The van der Waals surface area contributed by atoms with Gasteiger partial charge in [0.25, 0.3) is 0 Å². The number of carboxylic acids is 1. The van der Waals surface area contributed by atoms with E-state index in [0.717, 1.165) is 0 Å². The third kappa shape index (κ3) is 11.2. The first-order chi connectivity index (χ1) is 11.9. The molecule has 0 aromatic carbocycles. The van der Waals surface area contributed by atoms with Gasteiger partial charge in [-0.2, -0.15) is 0 Å². The van der Waals surface area contributed by atoms with E-state index in [1.54, 1.807) is 34.6 Å². The number of nitrogens with one attached hydrogen (secondary N) is 1. The van der Waals surface area contributed by atoms with E-state index in [4.69, 9.17) is 18.9 Å². The Morgan fingerprint density at radius 2 is 1.65 bits per heavy atom. The minimum absolute atomic E-state index is 0.0525. The molecule has 9 nitrogen and oxygen atoms in total. The van der Waals surface area contributed by atoms with Crippen LogP contribution in [0.2, 0.25) is 0 Å². The topological polar surface area (TPSA) is 128 Å². The van der Waals surface area contributed by atoms with Gasteiger partial charge in [0, 0.05) is 6.42 Å². The normalized spacial score (nSPS) is 13.1. The van der Waals surface area contributed by atoms with Gasteiger partial charge in [-0.15, -0.1) is 0 Å². The molecule has 0 aliphatic rings. The van der Waals surface area contributed by atoms with Crippen LogP contribution in [0.15, 0.2) is 0 Å². The Morgan fingerprint density at radius 3 is 2.08 bits per heavy atom. The van der Waals surface area contributed by atoms with Crippen molar-refractivity contribution in [1.82, 2.24) is 5.32 Å². The second-order valence-corrected chi connectivity index (χ2v) is 8.71. The molecule has 2 N–H and O–H groups in total. The molecule has 0 aromatic rings. The lowest BCUT2D eigenvalue weighted by molar-refractivity contribution is -0.161. The number of hydrogen-bond acceptors (Lipinski definition) is 7. The lowest BCUT2D eigenvalue weighted by atomic mass is 10.1. The summed E-state index contributed by atoms with van der Waals surface area (Å²) in [5, 5.41) is 11.3. The van der Waals surface area contributed by atoms with Gasteiger partial charge < -0.3 is 24.2 Å². The summed E-state index contributed by atoms with van der Waals surface area (Å²) in [5.74, 6) is -2.59. The Bertz CT molecular complexity index is 519. The zero-order chi connectivity index (χ0) is 20.4. The highest BCUT2D eigenvalue weighted by molar-refractivity contribution is 7.53. The Morgan fingerprint density at radius 1 is 1.12 bits per heavy atom. The first-order valence-electron chi connectivity index (χ1n) is 8.54. The van der Waals surface area contributed by atoms with Gasteiger partial charge in [0.2, 0.25) is 5.91 Å². The van der Waals surface area contributed by atoms with Gasteiger partial charge in [-0.3, -0.25) is 14.2 Å². The van der Waals surface area contributed by atoms with Crippen LogP contribution in [0.4, 0.5) is 0 Å². The van der Waals surface area contributed by atoms with Crippen molar-refractivity contribution < 1.29 is 37.8 Å². The van der Waals surface area contributed by atoms with Gasteiger partial charge >= 0.3 is 19.5 Å². The Labute approximate surface area is 154 Å². The molecule has 0 bridgehead atoms. The molecule has 0 radical (unpaired) electrons. The van der Waals surface area contributed by atoms with Gasteiger partial charge in [0.1, 0.15) is 11.6 Å². The van der Waals surface area contributed by atoms with Crippen LogP contribution in [-0.2, 0) is 32.7 Å². The van der Waals surface area contributed by atoms with Gasteiger partial charge in [-0.05, 0) is 41.0 Å². The quantitative estimate of drug-likeness (QED) is 0.381. The third-order valence-electron chi connectivity index (χ3n) is 2.89. The van der Waals surface area contributed by atoms with Crippen LogP contribution >= 0.6 is 7.60 Å². The largest absolute Gasteiger partial charge is 0.481 e. The average molecular weight is 395 g/mol. The molecule has 0 heterocycles. The standard InChI is InChI=1S/C16H30NO8P/c1-6-23-26(22,24-7-2)10-8-9-13(18)17-12(11-14(19)20)15(21)25-16(3,4)5/h12H,6-11H2,1-5H3,(H,17,18)(H,19,20). The molecule has 1 unspecified atom stereocenters. The van der Waals surface area contributed by atoms with E-state index in [0.29, 0.717) is 0 Å². The molecule has 0 fully saturated rings. The number of rotatable bonds is 12. The number of carboxylic acid groups (broad SMARTS) is 1. The van der Waals surface area contributed by atoms with Crippen LogP contribution in [-0.4, -0.2) is 54.0 Å². The average Bonchev–Trinajstić information content (AvgIpc) is 2.44. The number of carbonyl (C=O) groups is 3. The van der Waals surface area contributed by atoms with Crippen molar-refractivity contribution in [3.05, 3.63) is 0 Å². The van der Waals surface area contributed by atoms with E-state index in [2.05, 4.69) is 5.32 Å². The summed E-state index contributed by atoms with van der Waals surface area (Å²) in [6.07, 6.45) is -0.380. The third-order valence-corrected chi connectivity index (χ3v) is 5.06. The first kappa shape index (κ1) is 24.6. The number of ether oxygens (including phenoxy) is 1. The van der Waals surface area contributed by atoms with Crippen molar-refractivity contribution in [2.24, 2.45) is 0 Å². The SMILES string of the molecule is CCOP(=O)(CCCC(=O)NC(CC(=O)O)C(=O)OC(C)(C)C)OCC. The number of carbonyl (C=O) groups excluding carboxylic acids is 2. The van der Waals surface area contributed by atoms with Crippen molar-refractivity contribution in [2.75, 3.05) is 19.4 Å². The maximum absolute atomic E-state index is 12.3. The predicted molar refractivity (Wildman–Crippen MR) is 95.0 cm³/mol. The van der Waals surface area contributed by atoms with E-state index in [1.165, 1.54) is 0 Å². The van der Waals surface area contributed by atoms with Crippen molar-refractivity contribution in [3.8, 4) is 0 Å². The van der Waals surface area contributed by atoms with Crippen LogP contribution in [0.25, 0.3) is 0 Å². The molecule has 26 heavy (non-hydrogen) atoms. The number of amides is 1. The molecule has 0 aromatic heterocycles. The summed E-state index contributed by atoms with van der Waals surface area (Å²) < 4.78 is 27.7. The Hall–Kier alpha value is -1.44. The van der Waals surface area contributed by atoms with Gasteiger partial charge in [-0.1, -0.05) is 0 Å². The monoisotopic (exact) mass is 395 g/mol. The maximum Gasteiger partial charge on any atom is 0.330 e. The number of hydrogen-bond donors (Lipinski definition) is 2. The highest BCUT2D eigenvalue weighted by atomic mass is 31.2. The Balaban J connectivity index is 4.68. The maximum atomic E-state index is 12.3. The molecule has 0 saturated carbocycles. The molecule has 0 spiro atoms. The Kier molecular flexibility index (Phi) is 10.7. The molecule has 0 rings (SSSR count). The zero-order valence-corrected chi connectivity index (χ0v) is 17.0. The van der Waals surface area contributed by atoms with E-state index in [1.807, 2.05) is 0 Å². The van der Waals surface area contributed by atoms with E-state index in [9.17, 15) is 18.9 Å². The molecule has 0 aliphatic heterocycles. The summed E-state index contributed by atoms with van der Waals surface area (Å²) in [5.41, 5.74) is -0.805. The van der Waals surface area contributed by atoms with Crippen molar-refractivity contribution in [3.63, 3.8) is 0 Å². The fraction of sp³-hybridized carbons (Fsp3) is 0.812. The molecule has 0 saturated heterocycles. The minimum atomic E-state index is -3.25. The smallest absolute Gasteiger partial charge is 0.330 e. The van der Waals surface area contributed by atoms with E-state index < -0.39 is 43.5 Å². The van der Waals surface area contributed by atoms with Crippen LogP contribution in [0.1, 0.15) is 53.9 Å². The number of aliphatic carboxylic acids is 1. The summed E-state index contributed by atoms with van der Waals surface area (Å²) in [7, 11) is -3.25. The summed E-state index contributed by atoms with van der Waals surface area (Å²) in [6, 6.07) is -1.29. The van der Waals surface area contributed by atoms with Crippen LogP contribution < -0.4 is 5.32 Å². The fourth-order valence-corrected chi connectivity index (χ4v) is 3.67. The minimum Gasteiger partial charge on any atom is -0.481 e. The molecule has 0 aliphatic carbocycles. The van der Waals surface area contributed by atoms with Crippen molar-refractivity contribution >= 4 is 25.4 Å². The molecular formula is C16H30NO8P. The van der Waals surface area contributed by atoms with Crippen LogP contribution in [0.5, 0.6) is 0 Å². The molecular weight excluding hydrogens is 365 g/mol. The second-order valence-electron chi connectivity index (χ2n) is 6.53. The second kappa shape index (κ2) is 11.3. The summed E-state index contributed by atoms with van der Waals surface area (Å²) >= 11 is 0. The summed E-state index contributed by atoms with van der Waals surface area (Å²) in [6.45, 7) is 8.76. The zero-order valence-electron chi connectivity index (χ0n) is 16.1. The molecule has 1 amide bonds. The highest BCUT2D eigenvalue weighted by Crippen LogP contribution is 2.48. The highest BCUT2D eigenvalue weighted by Gasteiger charge is 2.29. The van der Waals surface area contributed by atoms with Gasteiger partial charge in [0.15, 0.2) is 0 Å². The lowest BCUT2D eigenvalue weighted by Gasteiger charge is -2.24. The van der Waals surface area contributed by atoms with Crippen LogP contribution in [0, 0.1) is 0 Å². The predicted octanol–water partition coefficient (Wildman–Crippen LogP) is 2.33. The number of esters is 1. The van der Waals surface area contributed by atoms with Gasteiger partial charge in [0.05, 0.1) is 25.8 Å². The fourth-order valence-electron chi connectivity index (χ4n) is 2.00. The lowest BCUT2D eigenvalue weighted by Crippen LogP contribution is -2.45. The molecule has 10 heteroatoms. The van der Waals surface area contributed by atoms with E-state index in [-0.39, 0.29) is 32.2 Å². The summed E-state index contributed by atoms with van der Waals surface area (Å²) in [4.78, 5) is 35.0. The van der Waals surface area contributed by atoms with Crippen molar-refractivity contribution in [1.29, 1.82) is 0 Å². The molecule has 152 valence electrons. The van der Waals surface area contributed by atoms with Crippen molar-refractivity contribution in [2.45, 2.75) is 65.5 Å².